The number of hydrogen-bond donors (Lipinski definition) is 1. The molecule has 2 bridgehead atoms. The van der Waals surface area contributed by atoms with Crippen LogP contribution in [-0.2, 0) is 4.79 Å². The highest BCUT2D eigenvalue weighted by atomic mass is 16.2. The van der Waals surface area contributed by atoms with Gasteiger partial charge in [0.05, 0.1) is 0 Å². The van der Waals surface area contributed by atoms with Crippen LogP contribution < -0.4 is 5.32 Å². The summed E-state index contributed by atoms with van der Waals surface area (Å²) in [6.07, 6.45) is 4.26. The van der Waals surface area contributed by atoms with Gasteiger partial charge in [-0.15, -0.1) is 0 Å². The smallest absolute Gasteiger partial charge is 0.223 e. The fourth-order valence-corrected chi connectivity index (χ4v) is 3.93. The number of carbonyl (C=O) groups excluding carboxylic acids is 1. The summed E-state index contributed by atoms with van der Waals surface area (Å²) in [6.45, 7) is 6.26. The molecule has 2 aliphatic rings. The van der Waals surface area contributed by atoms with Gasteiger partial charge in [-0.05, 0) is 36.7 Å². The van der Waals surface area contributed by atoms with Gasteiger partial charge >= 0.3 is 0 Å². The number of amides is 1. The minimum atomic E-state index is 0.321. The lowest BCUT2D eigenvalue weighted by Crippen LogP contribution is -2.39. The normalized spacial score (nSPS) is 26.0. The van der Waals surface area contributed by atoms with Crippen LogP contribution >= 0.6 is 0 Å². The number of nitrogens with one attached hydrogen (secondary N) is 1. The van der Waals surface area contributed by atoms with Crippen LogP contribution in [0, 0.1) is 5.92 Å². The second kappa shape index (κ2) is 6.82. The third kappa shape index (κ3) is 3.52. The number of likely N-dealkylation sites (tertiary alicyclic amines) is 1. The Labute approximate surface area is 134 Å². The van der Waals surface area contributed by atoms with E-state index in [9.17, 15) is 4.79 Å². The van der Waals surface area contributed by atoms with Crippen LogP contribution in [0.3, 0.4) is 0 Å². The van der Waals surface area contributed by atoms with E-state index in [4.69, 9.17) is 0 Å². The average molecular weight is 300 g/mol. The molecule has 3 rings (SSSR count). The zero-order chi connectivity index (χ0) is 15.5. The lowest BCUT2D eigenvalue weighted by Gasteiger charge is -2.28. The predicted molar refractivity (Wildman–Crippen MR) is 89.8 cm³/mol. The summed E-state index contributed by atoms with van der Waals surface area (Å²) in [5.41, 5.74) is 1.29. The maximum Gasteiger partial charge on any atom is 0.223 e. The fraction of sp³-hybridized carbons (Fsp3) is 0.632. The first-order valence-corrected chi connectivity index (χ1v) is 8.72. The quantitative estimate of drug-likeness (QED) is 0.926. The molecule has 120 valence electrons. The summed E-state index contributed by atoms with van der Waals surface area (Å²) in [7, 11) is 0. The number of rotatable bonds is 4. The van der Waals surface area contributed by atoms with Crippen LogP contribution in [0.15, 0.2) is 30.3 Å². The first-order chi connectivity index (χ1) is 10.6. The van der Waals surface area contributed by atoms with E-state index in [0.29, 0.717) is 36.2 Å². The van der Waals surface area contributed by atoms with Crippen molar-refractivity contribution >= 4 is 5.91 Å². The lowest BCUT2D eigenvalue weighted by molar-refractivity contribution is -0.132. The van der Waals surface area contributed by atoms with Gasteiger partial charge in [0.2, 0.25) is 5.91 Å². The SMILES string of the molecule is CC(C)C(CC(=O)N1CCC2CCC(C1)N2)c1ccccc1. The molecule has 1 amide bonds. The van der Waals surface area contributed by atoms with Gasteiger partial charge in [0.25, 0.3) is 0 Å². The van der Waals surface area contributed by atoms with Gasteiger partial charge in [-0.25, -0.2) is 0 Å². The summed E-state index contributed by atoms with van der Waals surface area (Å²) in [6, 6.07) is 11.7. The number of benzene rings is 1. The summed E-state index contributed by atoms with van der Waals surface area (Å²) in [5, 5.41) is 3.65. The van der Waals surface area contributed by atoms with Crippen molar-refractivity contribution < 1.29 is 4.79 Å². The van der Waals surface area contributed by atoms with Crippen molar-refractivity contribution in [2.24, 2.45) is 5.92 Å². The molecule has 0 spiro atoms. The standard InChI is InChI=1S/C19H28N2O/c1-14(2)18(15-6-4-3-5-7-15)12-19(22)21-11-10-16-8-9-17(13-21)20-16/h3-7,14,16-18,20H,8-13H2,1-2H3. The van der Waals surface area contributed by atoms with E-state index in [1.54, 1.807) is 0 Å². The molecule has 0 radical (unpaired) electrons. The van der Waals surface area contributed by atoms with Crippen molar-refractivity contribution in [3.8, 4) is 0 Å². The molecule has 1 N–H and O–H groups in total. The Hall–Kier alpha value is -1.35. The highest BCUT2D eigenvalue weighted by Crippen LogP contribution is 2.29. The molecule has 1 aromatic rings. The van der Waals surface area contributed by atoms with Gasteiger partial charge in [-0.3, -0.25) is 4.79 Å². The summed E-state index contributed by atoms with van der Waals surface area (Å²) in [5.74, 6) is 1.13. The topological polar surface area (TPSA) is 32.3 Å². The number of fused-ring (bicyclic) bond motifs is 2. The van der Waals surface area contributed by atoms with Gasteiger partial charge in [-0.2, -0.15) is 0 Å². The molecule has 3 atom stereocenters. The predicted octanol–water partition coefficient (Wildman–Crippen LogP) is 3.17. The second-order valence-electron chi connectivity index (χ2n) is 7.23. The molecule has 2 fully saturated rings. The Balaban J connectivity index is 1.66. The van der Waals surface area contributed by atoms with E-state index < -0.39 is 0 Å². The van der Waals surface area contributed by atoms with Crippen LogP contribution in [0.2, 0.25) is 0 Å². The minimum Gasteiger partial charge on any atom is -0.341 e. The minimum absolute atomic E-state index is 0.321. The molecule has 2 saturated heterocycles. The van der Waals surface area contributed by atoms with E-state index in [0.717, 1.165) is 19.5 Å². The Bertz CT molecular complexity index is 499. The van der Waals surface area contributed by atoms with Crippen LogP contribution in [0.25, 0.3) is 0 Å². The fourth-order valence-electron chi connectivity index (χ4n) is 3.93. The molecular weight excluding hydrogens is 272 g/mol. The third-order valence-corrected chi connectivity index (χ3v) is 5.30. The lowest BCUT2D eigenvalue weighted by atomic mass is 9.85. The van der Waals surface area contributed by atoms with Gasteiger partial charge < -0.3 is 10.2 Å². The van der Waals surface area contributed by atoms with E-state index in [2.05, 4.69) is 48.3 Å². The molecule has 3 unspecified atom stereocenters. The Morgan fingerprint density at radius 2 is 1.91 bits per heavy atom. The maximum atomic E-state index is 12.8. The van der Waals surface area contributed by atoms with Crippen molar-refractivity contribution in [2.75, 3.05) is 13.1 Å². The Kier molecular flexibility index (Phi) is 4.82. The number of carbonyl (C=O) groups is 1. The number of nitrogens with zero attached hydrogens (tertiary/aromatic N) is 1. The highest BCUT2D eigenvalue weighted by Gasteiger charge is 2.32. The molecule has 0 aliphatic carbocycles. The first-order valence-electron chi connectivity index (χ1n) is 8.72. The van der Waals surface area contributed by atoms with E-state index in [1.165, 1.54) is 18.4 Å². The number of hydrogen-bond acceptors (Lipinski definition) is 2. The van der Waals surface area contributed by atoms with Crippen LogP contribution in [0.5, 0.6) is 0 Å². The zero-order valence-electron chi connectivity index (χ0n) is 13.8. The van der Waals surface area contributed by atoms with E-state index >= 15 is 0 Å². The first kappa shape index (κ1) is 15.5. The highest BCUT2D eigenvalue weighted by molar-refractivity contribution is 5.77. The molecule has 3 heteroatoms. The van der Waals surface area contributed by atoms with E-state index in [-0.39, 0.29) is 0 Å². The van der Waals surface area contributed by atoms with Crippen LogP contribution in [-0.4, -0.2) is 36.0 Å². The van der Waals surface area contributed by atoms with Crippen LogP contribution in [0.1, 0.15) is 51.0 Å². The van der Waals surface area contributed by atoms with Crippen molar-refractivity contribution in [1.29, 1.82) is 0 Å². The van der Waals surface area contributed by atoms with Gasteiger partial charge in [0, 0.05) is 31.6 Å². The molecule has 0 aromatic heterocycles. The molecule has 1 aromatic carbocycles. The Morgan fingerprint density at radius 3 is 2.64 bits per heavy atom. The summed E-state index contributed by atoms with van der Waals surface area (Å²) >= 11 is 0. The maximum absolute atomic E-state index is 12.8. The molecule has 2 heterocycles. The van der Waals surface area contributed by atoms with E-state index in [1.807, 2.05) is 6.07 Å². The monoisotopic (exact) mass is 300 g/mol. The van der Waals surface area contributed by atoms with Crippen molar-refractivity contribution in [3.05, 3.63) is 35.9 Å². The van der Waals surface area contributed by atoms with Gasteiger partial charge in [0.1, 0.15) is 0 Å². The zero-order valence-corrected chi connectivity index (χ0v) is 13.8. The molecule has 0 saturated carbocycles. The average Bonchev–Trinajstić information content (AvgIpc) is 2.84. The summed E-state index contributed by atoms with van der Waals surface area (Å²) < 4.78 is 0. The van der Waals surface area contributed by atoms with Gasteiger partial charge in [0.15, 0.2) is 0 Å². The second-order valence-corrected chi connectivity index (χ2v) is 7.23. The molecule has 3 nitrogen and oxygen atoms in total. The van der Waals surface area contributed by atoms with Crippen molar-refractivity contribution in [2.45, 2.75) is 57.5 Å². The molecule has 22 heavy (non-hydrogen) atoms. The van der Waals surface area contributed by atoms with Crippen LogP contribution in [0.4, 0.5) is 0 Å². The van der Waals surface area contributed by atoms with Crippen molar-refractivity contribution in [1.82, 2.24) is 10.2 Å². The van der Waals surface area contributed by atoms with Crippen molar-refractivity contribution in [3.63, 3.8) is 0 Å². The summed E-state index contributed by atoms with van der Waals surface area (Å²) in [4.78, 5) is 14.9. The molecule has 2 aliphatic heterocycles. The third-order valence-electron chi connectivity index (χ3n) is 5.30. The van der Waals surface area contributed by atoms with Gasteiger partial charge in [-0.1, -0.05) is 44.2 Å². The largest absolute Gasteiger partial charge is 0.341 e. The Morgan fingerprint density at radius 1 is 1.18 bits per heavy atom. The molecular formula is C19H28N2O.